The van der Waals surface area contributed by atoms with E-state index in [1.54, 1.807) is 7.11 Å². The van der Waals surface area contributed by atoms with Crippen LogP contribution < -0.4 is 10.1 Å². The zero-order valence-corrected chi connectivity index (χ0v) is 17.9. The maximum absolute atomic E-state index is 13.0. The molecular weight excluding hydrogens is 382 g/mol. The number of hydrogen-bond acceptors (Lipinski definition) is 6. The summed E-state index contributed by atoms with van der Waals surface area (Å²) >= 11 is 0. The van der Waals surface area contributed by atoms with E-state index in [-0.39, 0.29) is 17.7 Å². The molecule has 1 fully saturated rings. The van der Waals surface area contributed by atoms with Crippen molar-refractivity contribution >= 4 is 11.8 Å². The predicted molar refractivity (Wildman–Crippen MR) is 112 cm³/mol. The minimum absolute atomic E-state index is 0.0577. The van der Waals surface area contributed by atoms with Crippen molar-refractivity contribution < 1.29 is 23.8 Å². The van der Waals surface area contributed by atoms with E-state index in [9.17, 15) is 9.59 Å². The number of ketones is 1. The Morgan fingerprint density at radius 1 is 1.20 bits per heavy atom. The minimum atomic E-state index is -0.511. The van der Waals surface area contributed by atoms with Crippen LogP contribution in [0.4, 0.5) is 0 Å². The molecule has 160 valence electrons. The second-order valence-electron chi connectivity index (χ2n) is 8.58. The number of methoxy groups -OCH3 is 1. The van der Waals surface area contributed by atoms with Crippen molar-refractivity contribution in [1.29, 1.82) is 0 Å². The first kappa shape index (κ1) is 20.7. The van der Waals surface area contributed by atoms with Gasteiger partial charge in [-0.2, -0.15) is 0 Å². The molecule has 0 aromatic heterocycles. The normalized spacial score (nSPS) is 23.6. The van der Waals surface area contributed by atoms with E-state index in [4.69, 9.17) is 14.2 Å². The quantitative estimate of drug-likeness (QED) is 0.761. The fraction of sp³-hybridized carbons (Fsp3) is 0.500. The molecule has 1 aliphatic carbocycles. The van der Waals surface area contributed by atoms with Crippen LogP contribution in [0.1, 0.15) is 57.4 Å². The Morgan fingerprint density at radius 2 is 1.93 bits per heavy atom. The van der Waals surface area contributed by atoms with Gasteiger partial charge in [-0.25, -0.2) is 4.79 Å². The van der Waals surface area contributed by atoms with Gasteiger partial charge in [-0.15, -0.1) is 0 Å². The number of benzene rings is 1. The summed E-state index contributed by atoms with van der Waals surface area (Å²) in [6.07, 6.45) is 2.84. The van der Waals surface area contributed by atoms with Gasteiger partial charge in [-0.3, -0.25) is 4.79 Å². The van der Waals surface area contributed by atoms with E-state index < -0.39 is 5.60 Å². The van der Waals surface area contributed by atoms with Crippen molar-refractivity contribution in [3.63, 3.8) is 0 Å². The monoisotopic (exact) mass is 411 g/mol. The summed E-state index contributed by atoms with van der Waals surface area (Å²) < 4.78 is 16.7. The number of nitrogens with one attached hydrogen (secondary N) is 1. The van der Waals surface area contributed by atoms with Crippen molar-refractivity contribution in [3.8, 4) is 5.75 Å². The smallest absolute Gasteiger partial charge is 0.336 e. The highest BCUT2D eigenvalue weighted by Crippen LogP contribution is 2.41. The van der Waals surface area contributed by atoms with Crippen LogP contribution in [0.2, 0.25) is 0 Å². The summed E-state index contributed by atoms with van der Waals surface area (Å²) in [4.78, 5) is 25.9. The van der Waals surface area contributed by atoms with Crippen molar-refractivity contribution in [1.82, 2.24) is 5.32 Å². The number of carbonyl (C=O) groups is 2. The van der Waals surface area contributed by atoms with Crippen molar-refractivity contribution in [2.45, 2.75) is 57.5 Å². The molecule has 1 aromatic carbocycles. The SMILES string of the molecule is COc1ccccc1C1CC(=O)C2=C(C1)NC(C)=C(C(=O)OC1(C)CCOCC1)C2. The van der Waals surface area contributed by atoms with Gasteiger partial charge >= 0.3 is 5.97 Å². The zero-order valence-electron chi connectivity index (χ0n) is 17.9. The van der Waals surface area contributed by atoms with E-state index in [1.165, 1.54) is 0 Å². The van der Waals surface area contributed by atoms with E-state index >= 15 is 0 Å². The molecule has 0 radical (unpaired) electrons. The molecule has 1 atom stereocenters. The number of para-hydroxylation sites is 1. The molecule has 6 heteroatoms. The van der Waals surface area contributed by atoms with E-state index in [0.29, 0.717) is 50.0 Å². The van der Waals surface area contributed by atoms with Gasteiger partial charge < -0.3 is 19.5 Å². The average Bonchev–Trinajstić information content (AvgIpc) is 2.73. The van der Waals surface area contributed by atoms with Gasteiger partial charge in [0.25, 0.3) is 0 Å². The third-order valence-corrected chi connectivity index (χ3v) is 6.44. The van der Waals surface area contributed by atoms with Gasteiger partial charge in [-0.1, -0.05) is 18.2 Å². The van der Waals surface area contributed by atoms with Crippen molar-refractivity contribution in [2.24, 2.45) is 0 Å². The Kier molecular flexibility index (Phi) is 5.69. The molecule has 1 saturated heterocycles. The summed E-state index contributed by atoms with van der Waals surface area (Å²) in [5.74, 6) is 0.601. The largest absolute Gasteiger partial charge is 0.496 e. The fourth-order valence-corrected chi connectivity index (χ4v) is 4.54. The summed E-state index contributed by atoms with van der Waals surface area (Å²) in [5, 5.41) is 3.34. The number of ether oxygens (including phenoxy) is 3. The lowest BCUT2D eigenvalue weighted by Crippen LogP contribution is -2.39. The van der Waals surface area contributed by atoms with Gasteiger partial charge in [0, 0.05) is 48.6 Å². The van der Waals surface area contributed by atoms with Crippen LogP contribution in [0, 0.1) is 0 Å². The maximum Gasteiger partial charge on any atom is 0.336 e. The van der Waals surface area contributed by atoms with Gasteiger partial charge in [0.05, 0.1) is 25.9 Å². The molecule has 1 N–H and O–H groups in total. The van der Waals surface area contributed by atoms with Crippen LogP contribution in [-0.4, -0.2) is 37.7 Å². The molecule has 0 spiro atoms. The van der Waals surface area contributed by atoms with Crippen LogP contribution in [0.5, 0.6) is 5.75 Å². The zero-order chi connectivity index (χ0) is 21.3. The highest BCUT2D eigenvalue weighted by Gasteiger charge is 2.37. The number of carbonyl (C=O) groups excluding carboxylic acids is 2. The van der Waals surface area contributed by atoms with Crippen molar-refractivity contribution in [2.75, 3.05) is 20.3 Å². The fourth-order valence-electron chi connectivity index (χ4n) is 4.54. The summed E-state index contributed by atoms with van der Waals surface area (Å²) in [6.45, 7) is 5.02. The van der Waals surface area contributed by atoms with Crippen molar-refractivity contribution in [3.05, 3.63) is 52.4 Å². The highest BCUT2D eigenvalue weighted by molar-refractivity contribution is 6.01. The van der Waals surface area contributed by atoms with Gasteiger partial charge in [0.2, 0.25) is 0 Å². The lowest BCUT2D eigenvalue weighted by atomic mass is 9.78. The van der Waals surface area contributed by atoms with E-state index in [0.717, 1.165) is 29.1 Å². The topological polar surface area (TPSA) is 73.9 Å². The van der Waals surface area contributed by atoms with E-state index in [2.05, 4.69) is 5.32 Å². The number of esters is 1. The Morgan fingerprint density at radius 3 is 2.67 bits per heavy atom. The predicted octanol–water partition coefficient (Wildman–Crippen LogP) is 3.78. The molecule has 1 aromatic rings. The molecule has 4 rings (SSSR count). The number of Topliss-reactive ketones (excluding diaryl/α,β-unsaturated/α-hetero) is 1. The minimum Gasteiger partial charge on any atom is -0.496 e. The summed E-state index contributed by atoms with van der Waals surface area (Å²) in [5.41, 5.74) is 3.46. The lowest BCUT2D eigenvalue weighted by molar-refractivity contribution is -0.161. The third kappa shape index (κ3) is 4.01. The second kappa shape index (κ2) is 8.26. The van der Waals surface area contributed by atoms with Gasteiger partial charge in [0.1, 0.15) is 11.4 Å². The third-order valence-electron chi connectivity index (χ3n) is 6.44. The molecule has 2 aliphatic heterocycles. The molecule has 6 nitrogen and oxygen atoms in total. The highest BCUT2D eigenvalue weighted by atomic mass is 16.6. The number of allylic oxidation sites excluding steroid dienone is 3. The maximum atomic E-state index is 13.0. The van der Waals surface area contributed by atoms with Crippen LogP contribution in [0.15, 0.2) is 46.8 Å². The Labute approximate surface area is 177 Å². The Balaban J connectivity index is 1.51. The molecule has 0 amide bonds. The van der Waals surface area contributed by atoms with Crippen LogP contribution >= 0.6 is 0 Å². The van der Waals surface area contributed by atoms with Crippen LogP contribution in [-0.2, 0) is 19.1 Å². The van der Waals surface area contributed by atoms with E-state index in [1.807, 2.05) is 38.1 Å². The molecule has 0 bridgehead atoms. The molecule has 0 saturated carbocycles. The molecule has 3 aliphatic rings. The number of dihydropyridines is 1. The average molecular weight is 411 g/mol. The Bertz CT molecular complexity index is 923. The summed E-state index contributed by atoms with van der Waals surface area (Å²) in [7, 11) is 1.65. The van der Waals surface area contributed by atoms with Crippen LogP contribution in [0.25, 0.3) is 0 Å². The first-order valence-electron chi connectivity index (χ1n) is 10.6. The lowest BCUT2D eigenvalue weighted by Gasteiger charge is -2.35. The molecule has 30 heavy (non-hydrogen) atoms. The van der Waals surface area contributed by atoms with Crippen LogP contribution in [0.3, 0.4) is 0 Å². The molecular formula is C24H29NO5. The standard InChI is InChI=1S/C24H29NO5/c1-15-18(23(27)30-24(2)8-10-29-11-9-24)14-19-20(25-15)12-16(13-21(19)26)17-6-4-5-7-22(17)28-3/h4-7,16,25H,8-14H2,1-3H3. The number of hydrogen-bond donors (Lipinski definition) is 1. The number of rotatable bonds is 4. The first-order chi connectivity index (χ1) is 14.4. The summed E-state index contributed by atoms with van der Waals surface area (Å²) in [6, 6.07) is 7.84. The second-order valence-corrected chi connectivity index (χ2v) is 8.58. The first-order valence-corrected chi connectivity index (χ1v) is 10.6. The van der Waals surface area contributed by atoms with Gasteiger partial charge in [0.15, 0.2) is 5.78 Å². The molecule has 2 heterocycles. The molecule has 1 unspecified atom stereocenters. The van der Waals surface area contributed by atoms with Gasteiger partial charge in [-0.05, 0) is 31.9 Å². The Hall–Kier alpha value is -2.60.